The number of nitro groups is 1. The molecule has 1 aromatic carbocycles. The Bertz CT molecular complexity index is 559. The molecule has 1 atom stereocenters. The minimum absolute atomic E-state index is 0.0944. The van der Waals surface area contributed by atoms with Crippen LogP contribution in [0.25, 0.3) is 0 Å². The van der Waals surface area contributed by atoms with E-state index in [4.69, 9.17) is 5.84 Å². The number of nitrogen functional groups attached to an aromatic ring is 1. The number of hydrogen-bond acceptors (Lipinski definition) is 6. The average molecular weight is 256 g/mol. The third kappa shape index (κ3) is 1.56. The number of nitrogens with one attached hydrogen (secondary N) is 1. The van der Waals surface area contributed by atoms with Gasteiger partial charge < -0.3 is 5.43 Å². The number of carbonyl (C=O) groups is 1. The maximum atomic E-state index is 11.8. The number of nitro benzene ring substituents is 1. The second kappa shape index (κ2) is 3.79. The standard InChI is InChI=1S/C8H8N4O4S/c1-11-8(13)7-5(10-9)2-4(12(14)15)3-6(7)17(11)16/h2-3,10H,9H2,1H3. The van der Waals surface area contributed by atoms with Gasteiger partial charge in [0.25, 0.3) is 11.6 Å². The number of benzene rings is 1. The van der Waals surface area contributed by atoms with E-state index in [1.54, 1.807) is 0 Å². The second-order valence-electron chi connectivity index (χ2n) is 3.32. The Kier molecular flexibility index (Phi) is 2.56. The summed E-state index contributed by atoms with van der Waals surface area (Å²) < 4.78 is 12.8. The molecular formula is C8H8N4O4S. The van der Waals surface area contributed by atoms with Crippen LogP contribution in [-0.4, -0.2) is 26.4 Å². The molecule has 0 spiro atoms. The molecule has 1 aliphatic rings. The van der Waals surface area contributed by atoms with Crippen LogP contribution >= 0.6 is 0 Å². The number of nitrogens with zero attached hydrogens (tertiary/aromatic N) is 2. The Morgan fingerprint density at radius 1 is 1.53 bits per heavy atom. The largest absolute Gasteiger partial charge is 0.323 e. The topological polar surface area (TPSA) is 119 Å². The molecule has 0 saturated heterocycles. The molecule has 0 saturated carbocycles. The minimum atomic E-state index is -1.73. The van der Waals surface area contributed by atoms with Crippen molar-refractivity contribution in [3.63, 3.8) is 0 Å². The normalized spacial score (nSPS) is 18.1. The molecule has 3 N–H and O–H groups in total. The van der Waals surface area contributed by atoms with E-state index in [9.17, 15) is 19.1 Å². The molecule has 9 heteroatoms. The van der Waals surface area contributed by atoms with Crippen molar-refractivity contribution in [2.24, 2.45) is 5.84 Å². The van der Waals surface area contributed by atoms with Crippen LogP contribution in [-0.2, 0) is 11.0 Å². The molecule has 0 bridgehead atoms. The maximum absolute atomic E-state index is 11.8. The molecule has 0 aliphatic carbocycles. The molecular weight excluding hydrogens is 248 g/mol. The lowest BCUT2D eigenvalue weighted by Gasteiger charge is -2.05. The van der Waals surface area contributed by atoms with E-state index in [0.717, 1.165) is 16.4 Å². The summed E-state index contributed by atoms with van der Waals surface area (Å²) in [6.07, 6.45) is 0. The number of rotatable bonds is 2. The summed E-state index contributed by atoms with van der Waals surface area (Å²) in [5, 5.41) is 10.7. The second-order valence-corrected chi connectivity index (χ2v) is 4.81. The van der Waals surface area contributed by atoms with E-state index in [2.05, 4.69) is 5.43 Å². The quantitative estimate of drug-likeness (QED) is 0.436. The lowest BCUT2D eigenvalue weighted by atomic mass is 10.1. The first-order chi connectivity index (χ1) is 7.97. The molecule has 90 valence electrons. The van der Waals surface area contributed by atoms with Crippen molar-refractivity contribution in [3.8, 4) is 0 Å². The van der Waals surface area contributed by atoms with E-state index in [0.29, 0.717) is 0 Å². The third-order valence-corrected chi connectivity index (χ3v) is 3.75. The number of non-ortho nitro benzene ring substituents is 1. The van der Waals surface area contributed by atoms with Gasteiger partial charge in [-0.05, 0) is 0 Å². The van der Waals surface area contributed by atoms with E-state index in [-0.39, 0.29) is 21.8 Å². The highest BCUT2D eigenvalue weighted by Crippen LogP contribution is 2.35. The highest BCUT2D eigenvalue weighted by Gasteiger charge is 2.36. The molecule has 0 aromatic heterocycles. The third-order valence-electron chi connectivity index (χ3n) is 2.39. The highest BCUT2D eigenvalue weighted by atomic mass is 32.2. The maximum Gasteiger partial charge on any atom is 0.272 e. The fraction of sp³-hybridized carbons (Fsp3) is 0.125. The lowest BCUT2D eigenvalue weighted by Crippen LogP contribution is -2.21. The number of nitrogens with two attached hydrogens (primary N) is 1. The summed E-state index contributed by atoms with van der Waals surface area (Å²) in [7, 11) is -0.376. The van der Waals surface area contributed by atoms with Crippen LogP contribution in [0.4, 0.5) is 11.4 Å². The van der Waals surface area contributed by atoms with Gasteiger partial charge in [-0.25, -0.2) is 4.21 Å². The minimum Gasteiger partial charge on any atom is -0.323 e. The fourth-order valence-electron chi connectivity index (χ4n) is 1.56. The van der Waals surface area contributed by atoms with Crippen molar-refractivity contribution in [2.75, 3.05) is 12.5 Å². The van der Waals surface area contributed by atoms with E-state index in [1.807, 2.05) is 0 Å². The Labute approximate surface area is 98.1 Å². The van der Waals surface area contributed by atoms with Gasteiger partial charge in [0.2, 0.25) is 0 Å². The fourth-order valence-corrected chi connectivity index (χ4v) is 2.69. The SMILES string of the molecule is CN1C(=O)c2c(NN)cc([N+](=O)[O-])cc2S1=O. The zero-order valence-electron chi connectivity index (χ0n) is 8.67. The van der Waals surface area contributed by atoms with Gasteiger partial charge in [0.15, 0.2) is 11.0 Å². The van der Waals surface area contributed by atoms with Crippen molar-refractivity contribution in [2.45, 2.75) is 4.90 Å². The first-order valence-electron chi connectivity index (χ1n) is 4.46. The first-order valence-corrected chi connectivity index (χ1v) is 5.57. The molecule has 1 aliphatic heterocycles. The molecule has 1 unspecified atom stereocenters. The molecule has 0 fully saturated rings. The Morgan fingerprint density at radius 3 is 2.71 bits per heavy atom. The van der Waals surface area contributed by atoms with Crippen LogP contribution in [0.2, 0.25) is 0 Å². The zero-order valence-corrected chi connectivity index (χ0v) is 9.48. The van der Waals surface area contributed by atoms with Gasteiger partial charge >= 0.3 is 0 Å². The Balaban J connectivity index is 2.73. The van der Waals surface area contributed by atoms with Gasteiger partial charge in [0, 0.05) is 19.2 Å². The number of fused-ring (bicyclic) bond motifs is 1. The molecule has 1 heterocycles. The monoisotopic (exact) mass is 256 g/mol. The number of hydrogen-bond donors (Lipinski definition) is 2. The summed E-state index contributed by atoms with van der Waals surface area (Å²) in [6, 6.07) is 2.25. The molecule has 8 nitrogen and oxygen atoms in total. The van der Waals surface area contributed by atoms with Crippen molar-refractivity contribution >= 4 is 28.3 Å². The van der Waals surface area contributed by atoms with Gasteiger partial charge in [0.05, 0.1) is 21.1 Å². The van der Waals surface area contributed by atoms with Crippen molar-refractivity contribution in [1.82, 2.24) is 4.31 Å². The summed E-state index contributed by atoms with van der Waals surface area (Å²) in [4.78, 5) is 21.9. The predicted molar refractivity (Wildman–Crippen MR) is 59.4 cm³/mol. The van der Waals surface area contributed by atoms with Gasteiger partial charge in [0.1, 0.15) is 0 Å². The lowest BCUT2D eigenvalue weighted by molar-refractivity contribution is -0.385. The zero-order chi connectivity index (χ0) is 12.7. The van der Waals surface area contributed by atoms with Gasteiger partial charge in [-0.2, -0.15) is 0 Å². The summed E-state index contributed by atoms with van der Waals surface area (Å²) in [5.41, 5.74) is 2.14. The highest BCUT2D eigenvalue weighted by molar-refractivity contribution is 7.84. The molecule has 2 rings (SSSR count). The number of anilines is 1. The number of hydrazine groups is 1. The van der Waals surface area contributed by atoms with Gasteiger partial charge in [-0.3, -0.25) is 25.1 Å². The average Bonchev–Trinajstić information content (AvgIpc) is 2.53. The van der Waals surface area contributed by atoms with Crippen LogP contribution < -0.4 is 11.3 Å². The summed E-state index contributed by atoms with van der Waals surface area (Å²) >= 11 is 0. The smallest absolute Gasteiger partial charge is 0.272 e. The summed E-state index contributed by atoms with van der Waals surface area (Å²) in [6.45, 7) is 0. The van der Waals surface area contributed by atoms with Crippen LogP contribution in [0.3, 0.4) is 0 Å². The van der Waals surface area contributed by atoms with Crippen molar-refractivity contribution < 1.29 is 13.9 Å². The van der Waals surface area contributed by atoms with Gasteiger partial charge in [-0.1, -0.05) is 0 Å². The predicted octanol–water partition coefficient (Wildman–Crippen LogP) is -0.0114. The Morgan fingerprint density at radius 2 is 2.18 bits per heavy atom. The van der Waals surface area contributed by atoms with E-state index >= 15 is 0 Å². The van der Waals surface area contributed by atoms with Crippen molar-refractivity contribution in [1.29, 1.82) is 0 Å². The number of amides is 1. The first kappa shape index (κ1) is 11.5. The van der Waals surface area contributed by atoms with Gasteiger partial charge in [-0.15, -0.1) is 0 Å². The molecule has 0 radical (unpaired) electrons. The molecule has 17 heavy (non-hydrogen) atoms. The molecule has 1 aromatic rings. The van der Waals surface area contributed by atoms with Crippen molar-refractivity contribution in [3.05, 3.63) is 27.8 Å². The van der Waals surface area contributed by atoms with Crippen LogP contribution in [0.15, 0.2) is 17.0 Å². The van der Waals surface area contributed by atoms with Crippen LogP contribution in [0, 0.1) is 10.1 Å². The molecule has 1 amide bonds. The van der Waals surface area contributed by atoms with Crippen LogP contribution in [0.1, 0.15) is 10.4 Å². The number of carbonyl (C=O) groups excluding carboxylic acids is 1. The van der Waals surface area contributed by atoms with E-state index < -0.39 is 21.8 Å². The van der Waals surface area contributed by atoms with E-state index in [1.165, 1.54) is 7.05 Å². The Hall–Kier alpha value is -2.00. The summed E-state index contributed by atoms with van der Waals surface area (Å²) in [5.74, 6) is 4.72. The van der Waals surface area contributed by atoms with Crippen LogP contribution in [0.5, 0.6) is 0 Å².